The van der Waals surface area contributed by atoms with Crippen LogP contribution in [-0.4, -0.2) is 46.3 Å². The van der Waals surface area contributed by atoms with Crippen LogP contribution in [0.25, 0.3) is 0 Å². The molecule has 3 heterocycles. The van der Waals surface area contributed by atoms with Gasteiger partial charge in [-0.3, -0.25) is 9.88 Å². The SMILES string of the molecule is Cc1ncsc1CN1CCO[C@H]2[C@@H](Oc3cccnc3)CC[C@@H]21. The van der Waals surface area contributed by atoms with Crippen LogP contribution in [0.1, 0.15) is 23.4 Å². The zero-order chi connectivity index (χ0) is 15.6. The van der Waals surface area contributed by atoms with Gasteiger partial charge in [-0.05, 0) is 31.9 Å². The van der Waals surface area contributed by atoms with Crippen LogP contribution in [0.2, 0.25) is 0 Å². The number of aryl methyl sites for hydroxylation is 1. The second-order valence-corrected chi connectivity index (χ2v) is 7.10. The molecular formula is C17H21N3O2S. The van der Waals surface area contributed by atoms with E-state index in [9.17, 15) is 0 Å². The molecular weight excluding hydrogens is 310 g/mol. The maximum Gasteiger partial charge on any atom is 0.138 e. The Hall–Kier alpha value is -1.50. The van der Waals surface area contributed by atoms with Crippen LogP contribution in [-0.2, 0) is 11.3 Å². The molecule has 2 aromatic heterocycles. The number of aromatic nitrogens is 2. The Morgan fingerprint density at radius 2 is 2.39 bits per heavy atom. The highest BCUT2D eigenvalue weighted by Crippen LogP contribution is 2.34. The Balaban J connectivity index is 1.45. The predicted octanol–water partition coefficient (Wildman–Crippen LogP) is 2.66. The van der Waals surface area contributed by atoms with Gasteiger partial charge in [-0.1, -0.05) is 0 Å². The average Bonchev–Trinajstić information content (AvgIpc) is 3.16. The lowest BCUT2D eigenvalue weighted by Gasteiger charge is -2.38. The molecule has 1 aliphatic heterocycles. The molecule has 6 heteroatoms. The molecule has 1 aliphatic carbocycles. The van der Waals surface area contributed by atoms with E-state index in [1.165, 1.54) is 4.88 Å². The first-order valence-electron chi connectivity index (χ1n) is 8.12. The molecule has 0 N–H and O–H groups in total. The van der Waals surface area contributed by atoms with Crippen molar-refractivity contribution in [3.63, 3.8) is 0 Å². The smallest absolute Gasteiger partial charge is 0.138 e. The Morgan fingerprint density at radius 3 is 3.17 bits per heavy atom. The average molecular weight is 331 g/mol. The van der Waals surface area contributed by atoms with Crippen LogP contribution in [0.15, 0.2) is 30.0 Å². The van der Waals surface area contributed by atoms with Gasteiger partial charge in [0.2, 0.25) is 0 Å². The highest BCUT2D eigenvalue weighted by atomic mass is 32.1. The van der Waals surface area contributed by atoms with E-state index in [0.29, 0.717) is 6.04 Å². The molecule has 3 atom stereocenters. The number of morpholine rings is 1. The van der Waals surface area contributed by atoms with Crippen LogP contribution in [0.5, 0.6) is 5.75 Å². The molecule has 0 bridgehead atoms. The minimum absolute atomic E-state index is 0.120. The molecule has 1 saturated carbocycles. The van der Waals surface area contributed by atoms with E-state index in [4.69, 9.17) is 9.47 Å². The summed E-state index contributed by atoms with van der Waals surface area (Å²) in [5.74, 6) is 0.831. The van der Waals surface area contributed by atoms with Crippen LogP contribution in [0, 0.1) is 6.92 Å². The van der Waals surface area contributed by atoms with Crippen molar-refractivity contribution in [3.8, 4) is 5.75 Å². The number of fused-ring (bicyclic) bond motifs is 1. The fourth-order valence-electron chi connectivity index (χ4n) is 3.57. The van der Waals surface area contributed by atoms with E-state index in [0.717, 1.165) is 44.0 Å². The quantitative estimate of drug-likeness (QED) is 0.862. The monoisotopic (exact) mass is 331 g/mol. The first kappa shape index (κ1) is 15.1. The van der Waals surface area contributed by atoms with Crippen molar-refractivity contribution >= 4 is 11.3 Å². The lowest BCUT2D eigenvalue weighted by Crippen LogP contribution is -2.51. The molecule has 5 nitrogen and oxygen atoms in total. The summed E-state index contributed by atoms with van der Waals surface area (Å²) in [4.78, 5) is 12.4. The van der Waals surface area contributed by atoms with E-state index in [1.54, 1.807) is 23.7 Å². The molecule has 1 saturated heterocycles. The van der Waals surface area contributed by atoms with Gasteiger partial charge >= 0.3 is 0 Å². The van der Waals surface area contributed by atoms with E-state index < -0.39 is 0 Å². The van der Waals surface area contributed by atoms with Gasteiger partial charge in [-0.25, -0.2) is 4.98 Å². The van der Waals surface area contributed by atoms with E-state index in [1.807, 2.05) is 17.6 Å². The van der Waals surface area contributed by atoms with Gasteiger partial charge in [0.25, 0.3) is 0 Å². The van der Waals surface area contributed by atoms with Crippen molar-refractivity contribution in [2.24, 2.45) is 0 Å². The number of ether oxygens (including phenoxy) is 2. The van der Waals surface area contributed by atoms with Crippen LogP contribution >= 0.6 is 11.3 Å². The maximum atomic E-state index is 6.13. The molecule has 4 rings (SSSR count). The Labute approximate surface area is 140 Å². The molecule has 2 fully saturated rings. The molecule has 0 amide bonds. The predicted molar refractivity (Wildman–Crippen MR) is 88.7 cm³/mol. The van der Waals surface area contributed by atoms with Gasteiger partial charge in [0.05, 0.1) is 24.0 Å². The summed E-state index contributed by atoms with van der Waals surface area (Å²) in [7, 11) is 0. The minimum atomic E-state index is 0.120. The minimum Gasteiger partial charge on any atom is -0.486 e. The summed E-state index contributed by atoms with van der Waals surface area (Å²) < 4.78 is 12.2. The van der Waals surface area contributed by atoms with Crippen molar-refractivity contribution in [2.45, 2.75) is 44.6 Å². The first-order valence-corrected chi connectivity index (χ1v) is 9.00. The summed E-state index contributed by atoms with van der Waals surface area (Å²) in [6.45, 7) is 4.82. The Morgan fingerprint density at radius 1 is 1.43 bits per heavy atom. The fourth-order valence-corrected chi connectivity index (χ4v) is 4.37. The van der Waals surface area contributed by atoms with Crippen LogP contribution in [0.3, 0.4) is 0 Å². The topological polar surface area (TPSA) is 47.5 Å². The molecule has 2 aromatic rings. The third-order valence-electron chi connectivity index (χ3n) is 4.76. The van der Waals surface area contributed by atoms with Crippen molar-refractivity contribution in [1.29, 1.82) is 0 Å². The van der Waals surface area contributed by atoms with Crippen LogP contribution < -0.4 is 4.74 Å². The summed E-state index contributed by atoms with van der Waals surface area (Å²) in [6.07, 6.45) is 5.96. The molecule has 2 aliphatic rings. The number of nitrogens with zero attached hydrogens (tertiary/aromatic N) is 3. The summed E-state index contributed by atoms with van der Waals surface area (Å²) in [5.41, 5.74) is 3.09. The lowest BCUT2D eigenvalue weighted by molar-refractivity contribution is -0.0914. The number of hydrogen-bond donors (Lipinski definition) is 0. The summed E-state index contributed by atoms with van der Waals surface area (Å²) in [6, 6.07) is 4.30. The number of rotatable bonds is 4. The van der Waals surface area contributed by atoms with Gasteiger partial charge in [0.1, 0.15) is 18.0 Å². The largest absolute Gasteiger partial charge is 0.486 e. The highest BCUT2D eigenvalue weighted by Gasteiger charge is 2.44. The van der Waals surface area contributed by atoms with Gasteiger partial charge in [0, 0.05) is 30.2 Å². The van der Waals surface area contributed by atoms with Crippen molar-refractivity contribution in [3.05, 3.63) is 40.6 Å². The van der Waals surface area contributed by atoms with E-state index >= 15 is 0 Å². The standard InChI is InChI=1S/C17H21N3O2S/c1-12-16(23-11-19-12)10-20-7-8-21-17-14(20)4-5-15(17)22-13-3-2-6-18-9-13/h2-3,6,9,11,14-15,17H,4-5,7-8,10H2,1H3/t14-,15-,17+/m0/s1. The third kappa shape index (κ3) is 3.11. The van der Waals surface area contributed by atoms with E-state index in [2.05, 4.69) is 21.8 Å². The zero-order valence-corrected chi connectivity index (χ0v) is 14.0. The number of thiazole rings is 1. The van der Waals surface area contributed by atoms with Crippen LogP contribution in [0.4, 0.5) is 0 Å². The lowest BCUT2D eigenvalue weighted by atomic mass is 10.1. The molecule has 0 spiro atoms. The Kier molecular flexibility index (Phi) is 4.29. The fraction of sp³-hybridized carbons (Fsp3) is 0.529. The number of hydrogen-bond acceptors (Lipinski definition) is 6. The third-order valence-corrected chi connectivity index (χ3v) is 5.68. The van der Waals surface area contributed by atoms with Crippen molar-refractivity contribution in [2.75, 3.05) is 13.2 Å². The summed E-state index contributed by atoms with van der Waals surface area (Å²) >= 11 is 1.75. The first-order chi connectivity index (χ1) is 11.3. The molecule has 0 unspecified atom stereocenters. The van der Waals surface area contributed by atoms with Gasteiger partial charge in [-0.2, -0.15) is 0 Å². The molecule has 23 heavy (non-hydrogen) atoms. The molecule has 0 radical (unpaired) electrons. The molecule has 0 aromatic carbocycles. The van der Waals surface area contributed by atoms with Gasteiger partial charge < -0.3 is 9.47 Å². The van der Waals surface area contributed by atoms with Gasteiger partial charge in [0.15, 0.2) is 0 Å². The second-order valence-electron chi connectivity index (χ2n) is 6.16. The van der Waals surface area contributed by atoms with Crippen molar-refractivity contribution in [1.82, 2.24) is 14.9 Å². The number of pyridine rings is 1. The summed E-state index contributed by atoms with van der Waals surface area (Å²) in [5, 5.41) is 0. The second kappa shape index (κ2) is 6.55. The highest BCUT2D eigenvalue weighted by molar-refractivity contribution is 7.09. The van der Waals surface area contributed by atoms with Crippen molar-refractivity contribution < 1.29 is 9.47 Å². The van der Waals surface area contributed by atoms with Gasteiger partial charge in [-0.15, -0.1) is 11.3 Å². The zero-order valence-electron chi connectivity index (χ0n) is 13.2. The molecule has 122 valence electrons. The van der Waals surface area contributed by atoms with E-state index in [-0.39, 0.29) is 12.2 Å². The normalized spacial score (nSPS) is 27.8. The maximum absolute atomic E-state index is 6.13. The Bertz CT molecular complexity index is 648.